The molecule has 0 radical (unpaired) electrons. The smallest absolute Gasteiger partial charge is 0.326 e. The molecule has 2 atom stereocenters. The highest BCUT2D eigenvalue weighted by Gasteiger charge is 2.33. The fraction of sp³-hybridized carbons (Fsp3) is 0.273. The number of nitrogens with one attached hydrogen (secondary N) is 2. The Kier molecular flexibility index (Phi) is 13.9. The van der Waals surface area contributed by atoms with Crippen LogP contribution in [0.2, 0.25) is 10.0 Å². The second kappa shape index (κ2) is 19.2. The van der Waals surface area contributed by atoms with E-state index < -0.39 is 24.2 Å². The monoisotopic (exact) mass is 821 g/mol. The van der Waals surface area contributed by atoms with Gasteiger partial charge in [-0.1, -0.05) is 71.7 Å². The number of ether oxygens (including phenoxy) is 3. The number of nitrogens with zero attached hydrogens (tertiary/aromatic N) is 3. The van der Waals surface area contributed by atoms with E-state index >= 15 is 0 Å². The Morgan fingerprint density at radius 2 is 1.69 bits per heavy atom. The molecule has 0 amide bonds. The van der Waals surface area contributed by atoms with Gasteiger partial charge in [0, 0.05) is 36.3 Å². The Bertz CT molecular complexity index is 2330. The molecule has 6 rings (SSSR count). The quantitative estimate of drug-likeness (QED) is 0.0570. The third-order valence-electron chi connectivity index (χ3n) is 9.82. The number of halogens is 2. The Balaban J connectivity index is 1.34. The van der Waals surface area contributed by atoms with Crippen LogP contribution in [0.25, 0.3) is 22.3 Å². The maximum atomic E-state index is 11.9. The summed E-state index contributed by atoms with van der Waals surface area (Å²) in [6.45, 7) is 1.86. The molecule has 1 heterocycles. The third kappa shape index (κ3) is 9.52. The lowest BCUT2D eigenvalue weighted by molar-refractivity contribution is -0.145. The van der Waals surface area contributed by atoms with Crippen molar-refractivity contribution in [3.63, 3.8) is 0 Å². The van der Waals surface area contributed by atoms with Crippen molar-refractivity contribution in [2.75, 3.05) is 32.9 Å². The average Bonchev–Trinajstić information content (AvgIpc) is 3.66. The van der Waals surface area contributed by atoms with Gasteiger partial charge in [-0.2, -0.15) is 15.5 Å². The second-order valence-corrected chi connectivity index (χ2v) is 14.6. The van der Waals surface area contributed by atoms with E-state index in [4.69, 9.17) is 37.4 Å². The molecule has 12 nitrogen and oxygen atoms in total. The van der Waals surface area contributed by atoms with Crippen molar-refractivity contribution >= 4 is 29.2 Å². The van der Waals surface area contributed by atoms with E-state index in [9.17, 15) is 30.6 Å². The van der Waals surface area contributed by atoms with Crippen LogP contribution in [-0.4, -0.2) is 64.7 Å². The maximum absolute atomic E-state index is 11.9. The van der Waals surface area contributed by atoms with E-state index in [-0.39, 0.29) is 47.7 Å². The lowest BCUT2D eigenvalue weighted by atomic mass is 9.93. The van der Waals surface area contributed by atoms with Crippen molar-refractivity contribution in [2.45, 2.75) is 44.6 Å². The summed E-state index contributed by atoms with van der Waals surface area (Å²) in [5.41, 5.74) is 5.24. The first-order chi connectivity index (χ1) is 28.1. The van der Waals surface area contributed by atoms with Crippen LogP contribution in [0.15, 0.2) is 84.9 Å². The first-order valence-electron chi connectivity index (χ1n) is 18.6. The summed E-state index contributed by atoms with van der Waals surface area (Å²) in [6.07, 6.45) is 0.774. The lowest BCUT2D eigenvalue weighted by Gasteiger charge is -2.24. The van der Waals surface area contributed by atoms with Crippen LogP contribution in [0.5, 0.6) is 17.5 Å². The molecule has 0 spiro atoms. The lowest BCUT2D eigenvalue weighted by Crippen LogP contribution is -2.52. The number of aliphatic hydroxyl groups is 2. The first kappa shape index (κ1) is 41.9. The number of carbonyl (C=O) groups is 1. The molecule has 5 N–H and O–H groups in total. The highest BCUT2D eigenvalue weighted by molar-refractivity contribution is 6.36. The summed E-state index contributed by atoms with van der Waals surface area (Å²) in [7, 11) is 0. The van der Waals surface area contributed by atoms with Gasteiger partial charge in [0.15, 0.2) is 0 Å². The summed E-state index contributed by atoms with van der Waals surface area (Å²) in [4.78, 5) is 16.6. The van der Waals surface area contributed by atoms with E-state index in [0.717, 1.165) is 33.4 Å². The van der Waals surface area contributed by atoms with Crippen molar-refractivity contribution in [1.82, 2.24) is 15.6 Å². The molecule has 1 aliphatic carbocycles. The molecule has 0 aliphatic heterocycles. The molecular formula is C44H41Cl2N5O7. The van der Waals surface area contributed by atoms with E-state index in [1.54, 1.807) is 18.2 Å². The summed E-state index contributed by atoms with van der Waals surface area (Å²) >= 11 is 14.1. The molecule has 298 valence electrons. The molecule has 4 aromatic carbocycles. The Hall–Kier alpha value is -5.70. The average molecular weight is 823 g/mol. The topological polar surface area (TPSA) is 190 Å². The number of benzene rings is 4. The van der Waals surface area contributed by atoms with E-state index in [1.165, 1.54) is 13.0 Å². The van der Waals surface area contributed by atoms with Gasteiger partial charge in [-0.3, -0.25) is 10.1 Å². The standard InChI is InChI=1S/C44H41Cl2N5O7/c1-44(26-53,43(54)55)50-24-31-21-36(45)42(51-41(31)57-25-29-19-27(22-47)18-28(20-29)23-48)58-37-12-11-33-34(37)8-5-9-35(33)39-38(56-17-15-49-14-16-52)13-10-32(40(39)46)30-6-3-2-4-7-30/h2-10,13,18-21,37,49-50,52-53H,11-12,14-17,24-26H2,1H3,(H,54,55)/t37-,44?/m0/s1. The third-order valence-corrected chi connectivity index (χ3v) is 10.5. The molecule has 1 aromatic heterocycles. The highest BCUT2D eigenvalue weighted by Crippen LogP contribution is 2.48. The molecule has 0 fully saturated rings. The van der Waals surface area contributed by atoms with Gasteiger partial charge in [-0.25, -0.2) is 0 Å². The van der Waals surface area contributed by atoms with Gasteiger partial charge in [0.2, 0.25) is 11.8 Å². The molecule has 0 bridgehead atoms. The summed E-state index contributed by atoms with van der Waals surface area (Å²) in [5, 5.41) is 54.4. The van der Waals surface area contributed by atoms with E-state index in [2.05, 4.69) is 15.6 Å². The summed E-state index contributed by atoms with van der Waals surface area (Å²) in [6, 6.07) is 30.0. The van der Waals surface area contributed by atoms with Gasteiger partial charge < -0.3 is 34.8 Å². The molecule has 5 aromatic rings. The summed E-state index contributed by atoms with van der Waals surface area (Å²) < 4.78 is 19.0. The van der Waals surface area contributed by atoms with Crippen LogP contribution in [-0.2, 0) is 24.4 Å². The minimum Gasteiger partial charge on any atom is -0.492 e. The fourth-order valence-corrected chi connectivity index (χ4v) is 7.27. The number of fused-ring (bicyclic) bond motifs is 1. The number of aliphatic carboxylic acids is 1. The first-order valence-corrected chi connectivity index (χ1v) is 19.3. The maximum Gasteiger partial charge on any atom is 0.326 e. The fourth-order valence-electron chi connectivity index (χ4n) is 6.69. The van der Waals surface area contributed by atoms with Crippen molar-refractivity contribution in [2.24, 2.45) is 0 Å². The number of hydrogen-bond acceptors (Lipinski definition) is 11. The van der Waals surface area contributed by atoms with Gasteiger partial charge in [0.1, 0.15) is 35.6 Å². The van der Waals surface area contributed by atoms with Gasteiger partial charge in [-0.15, -0.1) is 0 Å². The SMILES string of the molecule is CC(CO)(NCc1cc(Cl)c(O[C@H]2CCc3c(-c4c(OCCNCCO)ccc(-c5ccccc5)c4Cl)cccc32)nc1OCc1cc(C#N)cc(C#N)c1)C(=O)O. The van der Waals surface area contributed by atoms with Crippen molar-refractivity contribution in [3.8, 4) is 51.9 Å². The van der Waals surface area contributed by atoms with Crippen molar-refractivity contribution in [3.05, 3.63) is 128 Å². The van der Waals surface area contributed by atoms with Crippen LogP contribution in [0.3, 0.4) is 0 Å². The number of rotatable bonds is 18. The van der Waals surface area contributed by atoms with Gasteiger partial charge in [-0.05, 0) is 84.0 Å². The summed E-state index contributed by atoms with van der Waals surface area (Å²) in [5.74, 6) is -0.481. The van der Waals surface area contributed by atoms with Crippen LogP contribution in [0.4, 0.5) is 0 Å². The van der Waals surface area contributed by atoms with Gasteiger partial charge in [0.05, 0.1) is 41.5 Å². The minimum absolute atomic E-state index is 0.0253. The Morgan fingerprint density at radius 3 is 2.38 bits per heavy atom. The molecule has 1 aliphatic rings. The van der Waals surface area contributed by atoms with Gasteiger partial charge in [0.25, 0.3) is 0 Å². The molecule has 58 heavy (non-hydrogen) atoms. The zero-order chi connectivity index (χ0) is 41.2. The number of hydrogen-bond donors (Lipinski definition) is 5. The van der Waals surface area contributed by atoms with Crippen LogP contribution in [0.1, 0.15) is 52.8 Å². The largest absolute Gasteiger partial charge is 0.492 e. The van der Waals surface area contributed by atoms with Crippen LogP contribution < -0.4 is 24.8 Å². The molecule has 0 saturated carbocycles. The van der Waals surface area contributed by atoms with Gasteiger partial charge >= 0.3 is 5.97 Å². The van der Waals surface area contributed by atoms with Crippen LogP contribution in [0, 0.1) is 22.7 Å². The van der Waals surface area contributed by atoms with E-state index in [0.29, 0.717) is 54.4 Å². The predicted molar refractivity (Wildman–Crippen MR) is 219 cm³/mol. The number of carboxylic acid groups (broad SMARTS) is 1. The normalized spacial score (nSPS) is 14.2. The van der Waals surface area contributed by atoms with Crippen LogP contribution >= 0.6 is 23.2 Å². The second-order valence-electron chi connectivity index (χ2n) is 13.8. The Morgan fingerprint density at radius 1 is 0.931 bits per heavy atom. The molecule has 0 saturated heterocycles. The predicted octanol–water partition coefficient (Wildman–Crippen LogP) is 7.00. The number of pyridine rings is 1. The zero-order valence-corrected chi connectivity index (χ0v) is 33.1. The molecule has 1 unspecified atom stereocenters. The van der Waals surface area contributed by atoms with E-state index in [1.807, 2.05) is 72.8 Å². The number of aliphatic hydroxyl groups excluding tert-OH is 2. The Labute approximate surface area is 346 Å². The number of nitriles is 2. The minimum atomic E-state index is -1.67. The molecule has 14 heteroatoms. The number of aromatic nitrogens is 1. The van der Waals surface area contributed by atoms with Crippen molar-refractivity contribution < 1.29 is 34.3 Å². The number of carboxylic acids is 1. The highest BCUT2D eigenvalue weighted by atomic mass is 35.5. The zero-order valence-electron chi connectivity index (χ0n) is 31.6. The van der Waals surface area contributed by atoms with Crippen molar-refractivity contribution in [1.29, 1.82) is 10.5 Å². The molecular weight excluding hydrogens is 781 g/mol.